The summed E-state index contributed by atoms with van der Waals surface area (Å²) in [5.41, 5.74) is 2.20. The van der Waals surface area contributed by atoms with Gasteiger partial charge in [-0.3, -0.25) is 4.79 Å². The predicted molar refractivity (Wildman–Crippen MR) is 97.0 cm³/mol. The third-order valence-corrected chi connectivity index (χ3v) is 4.51. The summed E-state index contributed by atoms with van der Waals surface area (Å²) in [6, 6.07) is 19.9. The maximum Gasteiger partial charge on any atom is 0.223 e. The van der Waals surface area contributed by atoms with Crippen molar-refractivity contribution in [1.29, 1.82) is 0 Å². The molecule has 1 N–H and O–H groups in total. The molecule has 1 heterocycles. The molecule has 1 unspecified atom stereocenters. The van der Waals surface area contributed by atoms with Crippen LogP contribution in [0, 0.1) is 5.92 Å². The van der Waals surface area contributed by atoms with Gasteiger partial charge in [-0.05, 0) is 24.0 Å². The summed E-state index contributed by atoms with van der Waals surface area (Å²) in [6.07, 6.45) is 1.58. The number of rotatable bonds is 7. The van der Waals surface area contributed by atoms with Gasteiger partial charge in [0.2, 0.25) is 5.91 Å². The molecule has 2 aromatic carbocycles. The molecule has 1 fully saturated rings. The van der Waals surface area contributed by atoms with E-state index >= 15 is 0 Å². The first kappa shape index (κ1) is 17.6. The van der Waals surface area contributed by atoms with Crippen LogP contribution in [-0.4, -0.2) is 25.7 Å². The molecule has 25 heavy (non-hydrogen) atoms. The summed E-state index contributed by atoms with van der Waals surface area (Å²) in [5.74, 6) is 0.134. The van der Waals surface area contributed by atoms with Crippen LogP contribution in [-0.2, 0) is 20.9 Å². The number of ether oxygens (including phenoxy) is 2. The van der Waals surface area contributed by atoms with E-state index in [1.165, 1.54) is 0 Å². The van der Waals surface area contributed by atoms with Crippen LogP contribution in [0.25, 0.3) is 0 Å². The molecule has 1 aliphatic heterocycles. The van der Waals surface area contributed by atoms with Crippen molar-refractivity contribution in [2.75, 3.05) is 19.8 Å². The van der Waals surface area contributed by atoms with Gasteiger partial charge in [0.1, 0.15) is 0 Å². The first-order valence-electron chi connectivity index (χ1n) is 8.87. The fourth-order valence-corrected chi connectivity index (χ4v) is 3.02. The molecule has 3 rings (SSSR count). The first-order valence-corrected chi connectivity index (χ1v) is 8.87. The molecule has 0 spiro atoms. The first-order chi connectivity index (χ1) is 12.3. The summed E-state index contributed by atoms with van der Waals surface area (Å²) >= 11 is 0. The van der Waals surface area contributed by atoms with Crippen LogP contribution in [0.1, 0.15) is 30.0 Å². The van der Waals surface area contributed by atoms with Crippen LogP contribution in [0.15, 0.2) is 60.7 Å². The van der Waals surface area contributed by atoms with Gasteiger partial charge in [0.25, 0.3) is 0 Å². The third kappa shape index (κ3) is 5.41. The van der Waals surface area contributed by atoms with Crippen molar-refractivity contribution < 1.29 is 14.3 Å². The van der Waals surface area contributed by atoms with Crippen LogP contribution in [0.4, 0.5) is 0 Å². The Morgan fingerprint density at radius 1 is 1.04 bits per heavy atom. The lowest BCUT2D eigenvalue weighted by molar-refractivity contribution is -0.129. The highest BCUT2D eigenvalue weighted by molar-refractivity contribution is 5.79. The van der Waals surface area contributed by atoms with E-state index in [1.54, 1.807) is 0 Å². The number of hydrogen-bond donors (Lipinski definition) is 1. The lowest BCUT2D eigenvalue weighted by Crippen LogP contribution is -2.38. The van der Waals surface area contributed by atoms with Crippen molar-refractivity contribution in [3.8, 4) is 0 Å². The third-order valence-electron chi connectivity index (χ3n) is 4.51. The Morgan fingerprint density at radius 3 is 2.36 bits per heavy atom. The number of carbonyl (C=O) groups excluding carboxylic acids is 1. The molecule has 4 nitrogen and oxygen atoms in total. The fourth-order valence-electron chi connectivity index (χ4n) is 3.02. The molecular formula is C21H25NO3. The van der Waals surface area contributed by atoms with E-state index < -0.39 is 0 Å². The summed E-state index contributed by atoms with van der Waals surface area (Å²) in [5, 5.41) is 3.17. The normalized spacial score (nSPS) is 16.3. The molecule has 0 bridgehead atoms. The van der Waals surface area contributed by atoms with Crippen LogP contribution in [0.3, 0.4) is 0 Å². The Bertz CT molecular complexity index is 639. The van der Waals surface area contributed by atoms with Crippen molar-refractivity contribution >= 4 is 5.91 Å². The highest BCUT2D eigenvalue weighted by atomic mass is 16.5. The van der Waals surface area contributed by atoms with E-state index in [0.717, 1.165) is 24.0 Å². The number of amides is 1. The van der Waals surface area contributed by atoms with Gasteiger partial charge in [-0.1, -0.05) is 60.7 Å². The minimum absolute atomic E-state index is 0.0362. The fraction of sp³-hybridized carbons (Fsp3) is 0.381. The number of benzene rings is 2. The average Bonchev–Trinajstić information content (AvgIpc) is 2.69. The van der Waals surface area contributed by atoms with Gasteiger partial charge in [-0.25, -0.2) is 0 Å². The molecule has 0 saturated carbocycles. The van der Waals surface area contributed by atoms with E-state index in [2.05, 4.69) is 5.32 Å². The van der Waals surface area contributed by atoms with Crippen molar-refractivity contribution in [2.24, 2.45) is 5.92 Å². The summed E-state index contributed by atoms with van der Waals surface area (Å²) in [7, 11) is 0. The molecule has 0 radical (unpaired) electrons. The minimum atomic E-state index is -0.139. The van der Waals surface area contributed by atoms with Crippen molar-refractivity contribution in [2.45, 2.75) is 25.5 Å². The smallest absolute Gasteiger partial charge is 0.223 e. The maximum atomic E-state index is 12.6. The lowest BCUT2D eigenvalue weighted by Gasteiger charge is -2.25. The summed E-state index contributed by atoms with van der Waals surface area (Å²) in [6.45, 7) is 2.32. The zero-order valence-electron chi connectivity index (χ0n) is 14.4. The second-order valence-corrected chi connectivity index (χ2v) is 6.36. The SMILES string of the molecule is O=C(NC(COCc1ccccc1)c1ccccc1)C1CCOCC1. The molecule has 0 aliphatic carbocycles. The maximum absolute atomic E-state index is 12.6. The highest BCUT2D eigenvalue weighted by Gasteiger charge is 2.24. The summed E-state index contributed by atoms with van der Waals surface area (Å²) in [4.78, 5) is 12.6. The Morgan fingerprint density at radius 2 is 1.68 bits per heavy atom. The molecule has 1 amide bonds. The van der Waals surface area contributed by atoms with Crippen LogP contribution < -0.4 is 5.32 Å². The Balaban J connectivity index is 1.60. The van der Waals surface area contributed by atoms with Crippen LogP contribution >= 0.6 is 0 Å². The predicted octanol–water partition coefficient (Wildman–Crippen LogP) is 3.49. The summed E-state index contributed by atoms with van der Waals surface area (Å²) < 4.78 is 11.2. The lowest BCUT2D eigenvalue weighted by atomic mass is 9.98. The van der Waals surface area contributed by atoms with Gasteiger partial charge >= 0.3 is 0 Å². The van der Waals surface area contributed by atoms with Crippen LogP contribution in [0.5, 0.6) is 0 Å². The largest absolute Gasteiger partial charge is 0.381 e. The monoisotopic (exact) mass is 339 g/mol. The standard InChI is InChI=1S/C21H25NO3/c23-21(19-11-13-24-14-12-19)22-20(18-9-5-2-6-10-18)16-25-15-17-7-3-1-4-8-17/h1-10,19-20H,11-16H2,(H,22,23). The van der Waals surface area contributed by atoms with E-state index in [4.69, 9.17) is 9.47 Å². The second-order valence-electron chi connectivity index (χ2n) is 6.36. The molecule has 0 aromatic heterocycles. The zero-order chi connectivity index (χ0) is 17.3. The molecule has 1 saturated heterocycles. The van der Waals surface area contributed by atoms with Crippen molar-refractivity contribution in [1.82, 2.24) is 5.32 Å². The Kier molecular flexibility index (Phi) is 6.60. The Hall–Kier alpha value is -2.17. The second kappa shape index (κ2) is 9.35. The van der Waals surface area contributed by atoms with E-state index in [0.29, 0.717) is 26.4 Å². The number of hydrogen-bond acceptors (Lipinski definition) is 3. The van der Waals surface area contributed by atoms with Gasteiger partial charge in [0, 0.05) is 19.1 Å². The molecular weight excluding hydrogens is 314 g/mol. The molecule has 1 aliphatic rings. The van der Waals surface area contributed by atoms with E-state index in [9.17, 15) is 4.79 Å². The van der Waals surface area contributed by atoms with Gasteiger partial charge in [-0.15, -0.1) is 0 Å². The van der Waals surface area contributed by atoms with Gasteiger partial charge in [0.05, 0.1) is 19.3 Å². The van der Waals surface area contributed by atoms with E-state index in [-0.39, 0.29) is 17.9 Å². The van der Waals surface area contributed by atoms with Gasteiger partial charge in [0.15, 0.2) is 0 Å². The van der Waals surface area contributed by atoms with Gasteiger partial charge in [-0.2, -0.15) is 0 Å². The van der Waals surface area contributed by atoms with Crippen molar-refractivity contribution in [3.05, 3.63) is 71.8 Å². The molecule has 132 valence electrons. The van der Waals surface area contributed by atoms with Crippen LogP contribution in [0.2, 0.25) is 0 Å². The molecule has 4 heteroatoms. The van der Waals surface area contributed by atoms with E-state index in [1.807, 2.05) is 60.7 Å². The average molecular weight is 339 g/mol. The molecule has 2 aromatic rings. The zero-order valence-corrected chi connectivity index (χ0v) is 14.4. The quantitative estimate of drug-likeness (QED) is 0.840. The Labute approximate surface area is 149 Å². The van der Waals surface area contributed by atoms with Gasteiger partial charge < -0.3 is 14.8 Å². The minimum Gasteiger partial charge on any atom is -0.381 e. The number of nitrogens with one attached hydrogen (secondary N) is 1. The topological polar surface area (TPSA) is 47.6 Å². The highest BCUT2D eigenvalue weighted by Crippen LogP contribution is 2.19. The van der Waals surface area contributed by atoms with Crippen molar-refractivity contribution in [3.63, 3.8) is 0 Å². The number of carbonyl (C=O) groups is 1. The molecule has 1 atom stereocenters.